The molecule has 0 aliphatic carbocycles. The molecule has 1 aromatic rings. The lowest BCUT2D eigenvalue weighted by Gasteiger charge is -2.21. The minimum atomic E-state index is -0.495. The average Bonchev–Trinajstić information content (AvgIpc) is 2.82. The van der Waals surface area contributed by atoms with Crippen LogP contribution in [0, 0.1) is 0 Å². The van der Waals surface area contributed by atoms with E-state index < -0.39 is 6.10 Å². The lowest BCUT2D eigenvalue weighted by molar-refractivity contribution is 0.145. The lowest BCUT2D eigenvalue weighted by Crippen LogP contribution is -2.35. The smallest absolute Gasteiger partial charge is 0.156 e. The van der Waals surface area contributed by atoms with Gasteiger partial charge in [0.1, 0.15) is 0 Å². The van der Waals surface area contributed by atoms with Gasteiger partial charge in [-0.15, -0.1) is 0 Å². The van der Waals surface area contributed by atoms with Crippen LogP contribution in [0.25, 0.3) is 0 Å². The molecule has 0 spiro atoms. The van der Waals surface area contributed by atoms with E-state index in [2.05, 4.69) is 10.3 Å². The van der Waals surface area contributed by atoms with Gasteiger partial charge in [-0.2, -0.15) is 0 Å². The van der Waals surface area contributed by atoms with E-state index in [0.29, 0.717) is 0 Å². The Morgan fingerprint density at radius 2 is 2.12 bits per heavy atom. The van der Waals surface area contributed by atoms with Gasteiger partial charge < -0.3 is 10.4 Å². The summed E-state index contributed by atoms with van der Waals surface area (Å²) >= 11 is 1.71. The molecule has 0 fully saturated rings. The van der Waals surface area contributed by atoms with E-state index in [1.165, 1.54) is 0 Å². The van der Waals surface area contributed by atoms with Crippen LogP contribution in [0.4, 0.5) is 0 Å². The van der Waals surface area contributed by atoms with Gasteiger partial charge >= 0.3 is 0 Å². The maximum atomic E-state index is 10.1. The second-order valence-electron chi connectivity index (χ2n) is 3.82. The van der Waals surface area contributed by atoms with Crippen LogP contribution < -0.4 is 5.32 Å². The van der Waals surface area contributed by atoms with E-state index in [1.54, 1.807) is 11.8 Å². The molecule has 2 atom stereocenters. The van der Waals surface area contributed by atoms with Crippen molar-refractivity contribution >= 4 is 16.9 Å². The third-order valence-corrected chi connectivity index (χ3v) is 3.46. The number of hydrogen-bond donors (Lipinski definition) is 2. The van der Waals surface area contributed by atoms with Crippen molar-refractivity contribution in [2.75, 3.05) is 12.3 Å². The Balaban J connectivity index is 1.96. The van der Waals surface area contributed by atoms with E-state index in [4.69, 9.17) is 0 Å². The van der Waals surface area contributed by atoms with Crippen molar-refractivity contribution in [1.29, 1.82) is 0 Å². The highest BCUT2D eigenvalue weighted by atomic mass is 32.2. The van der Waals surface area contributed by atoms with Gasteiger partial charge in [-0.25, -0.2) is 0 Å². The topological polar surface area (TPSA) is 44.6 Å². The fourth-order valence-electron chi connectivity index (χ4n) is 1.64. The van der Waals surface area contributed by atoms with Gasteiger partial charge in [-0.05, 0) is 12.5 Å². The van der Waals surface area contributed by atoms with Gasteiger partial charge in [0.2, 0.25) is 0 Å². The Morgan fingerprint density at radius 3 is 2.75 bits per heavy atom. The number of rotatable bonds is 3. The molecule has 1 aromatic carbocycles. The van der Waals surface area contributed by atoms with Crippen LogP contribution >= 0.6 is 11.8 Å². The van der Waals surface area contributed by atoms with Crippen LogP contribution in [0.1, 0.15) is 18.6 Å². The molecule has 0 radical (unpaired) electrons. The Morgan fingerprint density at radius 1 is 1.38 bits per heavy atom. The molecule has 2 rings (SSSR count). The first kappa shape index (κ1) is 11.5. The molecule has 0 bridgehead atoms. The van der Waals surface area contributed by atoms with Crippen molar-refractivity contribution in [2.24, 2.45) is 4.99 Å². The van der Waals surface area contributed by atoms with Crippen molar-refractivity contribution in [3.05, 3.63) is 35.9 Å². The van der Waals surface area contributed by atoms with E-state index in [0.717, 1.165) is 23.0 Å². The Kier molecular flexibility index (Phi) is 3.85. The predicted molar refractivity (Wildman–Crippen MR) is 68.8 cm³/mol. The van der Waals surface area contributed by atoms with E-state index in [-0.39, 0.29) is 6.04 Å². The van der Waals surface area contributed by atoms with Crippen LogP contribution in [-0.2, 0) is 0 Å². The summed E-state index contributed by atoms with van der Waals surface area (Å²) in [6, 6.07) is 9.68. The quantitative estimate of drug-likeness (QED) is 0.841. The number of thioether (sulfide) groups is 1. The minimum absolute atomic E-state index is 0.0215. The second-order valence-corrected chi connectivity index (χ2v) is 4.91. The van der Waals surface area contributed by atoms with E-state index >= 15 is 0 Å². The fraction of sp³-hybridized carbons (Fsp3) is 0.417. The molecule has 3 nitrogen and oxygen atoms in total. The maximum absolute atomic E-state index is 10.1. The van der Waals surface area contributed by atoms with Gasteiger partial charge in [-0.3, -0.25) is 4.99 Å². The maximum Gasteiger partial charge on any atom is 0.156 e. The van der Waals surface area contributed by atoms with Crippen LogP contribution in [0.2, 0.25) is 0 Å². The normalized spacial score (nSPS) is 19.0. The molecule has 0 saturated heterocycles. The fourth-order valence-corrected chi connectivity index (χ4v) is 2.46. The molecular formula is C12H16N2OS. The van der Waals surface area contributed by atoms with Gasteiger partial charge in [-0.1, -0.05) is 42.1 Å². The van der Waals surface area contributed by atoms with Gasteiger partial charge in [0.05, 0.1) is 18.7 Å². The summed E-state index contributed by atoms with van der Waals surface area (Å²) in [7, 11) is 0. The molecule has 1 heterocycles. The SMILES string of the molecule is CC(NC1=NCCS1)C(O)c1ccccc1. The molecule has 0 amide bonds. The number of aliphatic hydroxyl groups excluding tert-OH is 1. The predicted octanol–water partition coefficient (Wildman–Crippen LogP) is 1.80. The molecule has 86 valence electrons. The number of aliphatic hydroxyl groups is 1. The molecule has 0 aromatic heterocycles. The average molecular weight is 236 g/mol. The summed E-state index contributed by atoms with van der Waals surface area (Å²) in [5.74, 6) is 1.04. The molecule has 2 unspecified atom stereocenters. The van der Waals surface area contributed by atoms with Crippen LogP contribution in [0.3, 0.4) is 0 Å². The Labute approximate surface area is 100.0 Å². The molecule has 2 N–H and O–H groups in total. The first-order valence-electron chi connectivity index (χ1n) is 5.44. The minimum Gasteiger partial charge on any atom is -0.386 e. The molecule has 4 heteroatoms. The molecule has 1 aliphatic heterocycles. The Hall–Kier alpha value is -1.00. The van der Waals surface area contributed by atoms with E-state index in [1.807, 2.05) is 37.3 Å². The number of nitrogens with one attached hydrogen (secondary N) is 1. The van der Waals surface area contributed by atoms with E-state index in [9.17, 15) is 5.11 Å². The van der Waals surface area contributed by atoms with Crippen LogP contribution in [0.5, 0.6) is 0 Å². The van der Waals surface area contributed by atoms with Crippen molar-refractivity contribution in [1.82, 2.24) is 5.32 Å². The molecular weight excluding hydrogens is 220 g/mol. The molecule has 16 heavy (non-hydrogen) atoms. The highest BCUT2D eigenvalue weighted by Gasteiger charge is 2.18. The van der Waals surface area contributed by atoms with Gasteiger partial charge in [0, 0.05) is 5.75 Å². The second kappa shape index (κ2) is 5.37. The number of aliphatic imine (C=N–C) groups is 1. The van der Waals surface area contributed by atoms with Crippen molar-refractivity contribution < 1.29 is 5.11 Å². The monoisotopic (exact) mass is 236 g/mol. The summed E-state index contributed by atoms with van der Waals surface area (Å²) in [6.07, 6.45) is -0.495. The van der Waals surface area contributed by atoms with Crippen LogP contribution in [-0.4, -0.2) is 28.6 Å². The summed E-state index contributed by atoms with van der Waals surface area (Å²) in [5.41, 5.74) is 0.936. The largest absolute Gasteiger partial charge is 0.386 e. The van der Waals surface area contributed by atoms with Crippen molar-refractivity contribution in [2.45, 2.75) is 19.1 Å². The zero-order valence-electron chi connectivity index (χ0n) is 9.26. The summed E-state index contributed by atoms with van der Waals surface area (Å²) in [5, 5.41) is 14.3. The zero-order valence-corrected chi connectivity index (χ0v) is 10.1. The summed E-state index contributed by atoms with van der Waals surface area (Å²) in [6.45, 7) is 2.85. The van der Waals surface area contributed by atoms with Crippen LogP contribution in [0.15, 0.2) is 35.3 Å². The standard InChI is InChI=1S/C12H16N2OS/c1-9(14-12-13-7-8-16-12)11(15)10-5-3-2-4-6-10/h2-6,9,11,15H,7-8H2,1H3,(H,13,14). The highest BCUT2D eigenvalue weighted by Crippen LogP contribution is 2.18. The molecule has 1 aliphatic rings. The van der Waals surface area contributed by atoms with Crippen molar-refractivity contribution in [3.8, 4) is 0 Å². The molecule has 0 saturated carbocycles. The first-order valence-corrected chi connectivity index (χ1v) is 6.43. The number of nitrogens with zero attached hydrogens (tertiary/aromatic N) is 1. The Bertz CT molecular complexity index is 367. The number of amidine groups is 1. The summed E-state index contributed by atoms with van der Waals surface area (Å²) in [4.78, 5) is 4.31. The summed E-state index contributed by atoms with van der Waals surface area (Å²) < 4.78 is 0. The zero-order chi connectivity index (χ0) is 11.4. The third-order valence-electron chi connectivity index (χ3n) is 2.55. The first-order chi connectivity index (χ1) is 7.77. The van der Waals surface area contributed by atoms with Gasteiger partial charge in [0.15, 0.2) is 5.17 Å². The van der Waals surface area contributed by atoms with Crippen molar-refractivity contribution in [3.63, 3.8) is 0 Å². The number of benzene rings is 1. The lowest BCUT2D eigenvalue weighted by atomic mass is 10.0. The highest BCUT2D eigenvalue weighted by molar-refractivity contribution is 8.14. The van der Waals surface area contributed by atoms with Gasteiger partial charge in [0.25, 0.3) is 0 Å². The third kappa shape index (κ3) is 2.77. The number of hydrogen-bond acceptors (Lipinski definition) is 4.